The van der Waals surface area contributed by atoms with Crippen molar-refractivity contribution >= 4 is 29.7 Å². The minimum absolute atomic E-state index is 0.0426. The zero-order chi connectivity index (χ0) is 27.5. The maximum Gasteiger partial charge on any atom is 0.338 e. The number of aryl methyl sites for hydroxylation is 2. The van der Waals surface area contributed by atoms with Crippen LogP contribution in [-0.4, -0.2) is 46.4 Å². The Morgan fingerprint density at radius 3 is 1.87 bits per heavy atom. The summed E-state index contributed by atoms with van der Waals surface area (Å²) >= 11 is 1.33. The number of aliphatic hydroxyl groups excluding tert-OH is 1. The van der Waals surface area contributed by atoms with Gasteiger partial charge in [-0.3, -0.25) is 4.79 Å². The van der Waals surface area contributed by atoms with Crippen LogP contribution in [-0.2, 0) is 25.6 Å². The molecular formula is C30H32O7S. The molecule has 8 heteroatoms. The average molecular weight is 537 g/mol. The molecule has 0 radical (unpaired) electrons. The number of hydrogen-bond acceptors (Lipinski definition) is 8. The Hall–Kier alpha value is -3.62. The third kappa shape index (κ3) is 9.04. The lowest BCUT2D eigenvalue weighted by atomic mass is 10.1. The summed E-state index contributed by atoms with van der Waals surface area (Å²) in [6.07, 6.45) is -0.201. The second-order valence-corrected chi connectivity index (χ2v) is 10.3. The highest BCUT2D eigenvalue weighted by Crippen LogP contribution is 2.37. The van der Waals surface area contributed by atoms with Gasteiger partial charge in [0.15, 0.2) is 5.44 Å². The van der Waals surface area contributed by atoms with Crippen LogP contribution in [0.5, 0.6) is 0 Å². The molecule has 3 aromatic rings. The molecule has 1 fully saturated rings. The van der Waals surface area contributed by atoms with Gasteiger partial charge in [-0.05, 0) is 43.7 Å². The Bertz CT molecular complexity index is 1190. The molecule has 0 bridgehead atoms. The summed E-state index contributed by atoms with van der Waals surface area (Å²) in [5.41, 5.74) is 3.49. The van der Waals surface area contributed by atoms with Crippen molar-refractivity contribution < 1.29 is 33.7 Å². The number of thioether (sulfide) groups is 1. The first-order valence-corrected chi connectivity index (χ1v) is 13.2. The molecule has 1 heterocycles. The number of carbonyl (C=O) groups excluding carboxylic acids is 3. The van der Waals surface area contributed by atoms with E-state index in [1.165, 1.54) is 18.7 Å². The molecule has 0 saturated carbocycles. The van der Waals surface area contributed by atoms with Gasteiger partial charge < -0.3 is 19.3 Å². The first-order chi connectivity index (χ1) is 18.2. The summed E-state index contributed by atoms with van der Waals surface area (Å²) in [6, 6.07) is 23.7. The third-order valence-corrected chi connectivity index (χ3v) is 7.08. The number of rotatable bonds is 7. The van der Waals surface area contributed by atoms with E-state index in [1.807, 2.05) is 68.4 Å². The largest absolute Gasteiger partial charge is 0.461 e. The first kappa shape index (κ1) is 28.9. The van der Waals surface area contributed by atoms with Crippen LogP contribution in [0.4, 0.5) is 0 Å². The smallest absolute Gasteiger partial charge is 0.338 e. The molecule has 1 N–H and O–H groups in total. The van der Waals surface area contributed by atoms with Crippen molar-refractivity contribution in [1.29, 1.82) is 0 Å². The van der Waals surface area contributed by atoms with Gasteiger partial charge in [0.2, 0.25) is 0 Å². The normalized spacial score (nSPS) is 18.1. The molecule has 0 aromatic heterocycles. The van der Waals surface area contributed by atoms with Gasteiger partial charge in [-0.15, -0.1) is 11.8 Å². The summed E-state index contributed by atoms with van der Waals surface area (Å²) in [5.74, 6) is -1.32. The lowest BCUT2D eigenvalue weighted by Crippen LogP contribution is -2.29. The Labute approximate surface area is 227 Å². The minimum atomic E-state index is -0.543. The number of aliphatic hydroxyl groups is 1. The quantitative estimate of drug-likeness (QED) is 0.323. The monoisotopic (exact) mass is 536 g/mol. The summed E-state index contributed by atoms with van der Waals surface area (Å²) in [7, 11) is 0. The molecule has 1 aliphatic rings. The van der Waals surface area contributed by atoms with Crippen LogP contribution in [0.1, 0.15) is 50.8 Å². The van der Waals surface area contributed by atoms with Crippen LogP contribution < -0.4 is 0 Å². The van der Waals surface area contributed by atoms with Crippen molar-refractivity contribution in [2.45, 2.75) is 50.6 Å². The number of benzene rings is 3. The molecule has 1 aliphatic heterocycles. The Morgan fingerprint density at radius 1 is 0.816 bits per heavy atom. The predicted molar refractivity (Wildman–Crippen MR) is 146 cm³/mol. The highest BCUT2D eigenvalue weighted by molar-refractivity contribution is 8.00. The van der Waals surface area contributed by atoms with E-state index < -0.39 is 29.4 Å². The van der Waals surface area contributed by atoms with Gasteiger partial charge in [0, 0.05) is 13.3 Å². The maximum atomic E-state index is 12.5. The molecule has 0 amide bonds. The van der Waals surface area contributed by atoms with Crippen LogP contribution in [0.25, 0.3) is 0 Å². The van der Waals surface area contributed by atoms with Gasteiger partial charge >= 0.3 is 17.9 Å². The lowest BCUT2D eigenvalue weighted by Gasteiger charge is -2.19. The lowest BCUT2D eigenvalue weighted by molar-refractivity contribution is -0.142. The van der Waals surface area contributed by atoms with E-state index in [2.05, 4.69) is 0 Å². The van der Waals surface area contributed by atoms with Crippen molar-refractivity contribution in [3.8, 4) is 0 Å². The van der Waals surface area contributed by atoms with Gasteiger partial charge in [0.25, 0.3) is 0 Å². The van der Waals surface area contributed by atoms with Crippen molar-refractivity contribution in [2.24, 2.45) is 0 Å². The molecule has 4 rings (SSSR count). The van der Waals surface area contributed by atoms with Crippen LogP contribution in [0.2, 0.25) is 0 Å². The van der Waals surface area contributed by atoms with Gasteiger partial charge in [0.1, 0.15) is 12.7 Å². The minimum Gasteiger partial charge on any atom is -0.461 e. The molecule has 200 valence electrons. The van der Waals surface area contributed by atoms with E-state index in [-0.39, 0.29) is 18.5 Å². The van der Waals surface area contributed by atoms with E-state index in [1.54, 1.807) is 24.3 Å². The van der Waals surface area contributed by atoms with E-state index >= 15 is 0 Å². The standard InChI is InChI=1S/C23H24O6S.C7H8O/c1-14-4-8-17(9-5-14)22(25)27-13-20-19(12-21(30-20)28-16(3)24)29-23(26)18-10-6-15(2)7-11-18;8-6-7-4-2-1-3-5-7/h4-11,19-21H,12-13H2,1-3H3;1-5,8H,6H2. The molecule has 3 atom stereocenters. The average Bonchev–Trinajstić information content (AvgIpc) is 3.28. The second-order valence-electron chi connectivity index (χ2n) is 8.87. The van der Waals surface area contributed by atoms with Gasteiger partial charge in [0.05, 0.1) is 23.0 Å². The van der Waals surface area contributed by atoms with Crippen molar-refractivity contribution in [3.63, 3.8) is 0 Å². The number of carbonyl (C=O) groups is 3. The molecule has 1 saturated heterocycles. The zero-order valence-corrected chi connectivity index (χ0v) is 22.5. The summed E-state index contributed by atoms with van der Waals surface area (Å²) < 4.78 is 16.4. The van der Waals surface area contributed by atoms with Crippen molar-refractivity contribution in [1.82, 2.24) is 0 Å². The van der Waals surface area contributed by atoms with Crippen LogP contribution >= 0.6 is 11.8 Å². The molecule has 7 nitrogen and oxygen atoms in total. The van der Waals surface area contributed by atoms with E-state index in [9.17, 15) is 14.4 Å². The topological polar surface area (TPSA) is 99.1 Å². The maximum absolute atomic E-state index is 12.5. The third-order valence-electron chi connectivity index (χ3n) is 5.70. The van der Waals surface area contributed by atoms with Gasteiger partial charge in [-0.2, -0.15) is 0 Å². The highest BCUT2D eigenvalue weighted by Gasteiger charge is 2.40. The molecule has 0 aliphatic carbocycles. The fourth-order valence-corrected chi connectivity index (χ4v) is 4.99. The molecular weight excluding hydrogens is 504 g/mol. The molecule has 38 heavy (non-hydrogen) atoms. The Morgan fingerprint density at radius 2 is 1.37 bits per heavy atom. The van der Waals surface area contributed by atoms with E-state index in [0.717, 1.165) is 16.7 Å². The highest BCUT2D eigenvalue weighted by atomic mass is 32.2. The zero-order valence-electron chi connectivity index (χ0n) is 21.7. The summed E-state index contributed by atoms with van der Waals surface area (Å²) in [4.78, 5) is 36.2. The molecule has 0 spiro atoms. The number of esters is 3. The van der Waals surface area contributed by atoms with Crippen molar-refractivity contribution in [3.05, 3.63) is 107 Å². The number of hydrogen-bond donors (Lipinski definition) is 1. The Kier molecular flexibility index (Phi) is 10.9. The van der Waals surface area contributed by atoms with Gasteiger partial charge in [-0.25, -0.2) is 9.59 Å². The fourth-order valence-electron chi connectivity index (χ4n) is 3.62. The van der Waals surface area contributed by atoms with Crippen LogP contribution in [0.15, 0.2) is 78.9 Å². The van der Waals surface area contributed by atoms with E-state index in [4.69, 9.17) is 19.3 Å². The molecule has 3 unspecified atom stereocenters. The predicted octanol–water partition coefficient (Wildman–Crippen LogP) is 5.26. The number of ether oxygens (including phenoxy) is 3. The van der Waals surface area contributed by atoms with Crippen LogP contribution in [0, 0.1) is 13.8 Å². The first-order valence-electron chi connectivity index (χ1n) is 12.2. The van der Waals surface area contributed by atoms with Crippen LogP contribution in [0.3, 0.4) is 0 Å². The SMILES string of the molecule is CC(=O)OC1CC(OC(=O)c2ccc(C)cc2)C(COC(=O)c2ccc(C)cc2)S1.OCc1ccccc1. The molecule has 3 aromatic carbocycles. The van der Waals surface area contributed by atoms with Crippen molar-refractivity contribution in [2.75, 3.05) is 6.61 Å². The fraction of sp³-hybridized carbons (Fsp3) is 0.300. The van der Waals surface area contributed by atoms with E-state index in [0.29, 0.717) is 17.5 Å². The Balaban J connectivity index is 0.000000427. The van der Waals surface area contributed by atoms with Gasteiger partial charge in [-0.1, -0.05) is 65.7 Å². The summed E-state index contributed by atoms with van der Waals surface area (Å²) in [6.45, 7) is 5.39. The second kappa shape index (κ2) is 14.4. The summed E-state index contributed by atoms with van der Waals surface area (Å²) in [5, 5.41) is 8.20.